The maximum Gasteiger partial charge on any atom is 0.300 e. The van der Waals surface area contributed by atoms with Crippen LogP contribution >= 0.6 is 12.8 Å². The molecule has 3 rings (SSSR count). The molecule has 0 aliphatic carbocycles. The molecule has 174 valence electrons. The number of carbonyl (C=O) groups excluding carboxylic acids is 2. The Morgan fingerprint density at radius 3 is 2.18 bits per heavy atom. The van der Waals surface area contributed by atoms with Gasteiger partial charge in [-0.1, -0.05) is 43.5 Å². The number of methoxy groups -OCH3 is 1. The molecule has 8 heteroatoms. The van der Waals surface area contributed by atoms with E-state index in [0.29, 0.717) is 33.8 Å². The molecule has 1 atom stereocenters. The van der Waals surface area contributed by atoms with Gasteiger partial charge in [0.1, 0.15) is 18.6 Å². The molecule has 2 amide bonds. The van der Waals surface area contributed by atoms with Crippen molar-refractivity contribution in [3.05, 3.63) is 102 Å². The van der Waals surface area contributed by atoms with E-state index in [2.05, 4.69) is 36.7 Å². The molecule has 0 fully saturated rings. The second kappa shape index (κ2) is 10.4. The first-order valence-corrected chi connectivity index (χ1v) is 10.7. The largest absolute Gasteiger partial charge is 0.497 e. The van der Waals surface area contributed by atoms with E-state index < -0.39 is 10.1 Å². The topological polar surface area (TPSA) is 87.7 Å². The van der Waals surface area contributed by atoms with Gasteiger partial charge in [-0.3, -0.25) is 9.59 Å². The van der Waals surface area contributed by atoms with Crippen LogP contribution in [0.3, 0.4) is 0 Å². The van der Waals surface area contributed by atoms with Crippen LogP contribution in [0, 0.1) is 6.92 Å². The number of nitrogens with zero attached hydrogens (tertiary/aromatic N) is 1. The lowest BCUT2D eigenvalue weighted by molar-refractivity contribution is -0.0148. The van der Waals surface area contributed by atoms with Crippen LogP contribution in [-0.2, 0) is 0 Å². The summed E-state index contributed by atoms with van der Waals surface area (Å²) in [4.78, 5) is 25.9. The molecule has 0 spiro atoms. The molecule has 34 heavy (non-hydrogen) atoms. The van der Waals surface area contributed by atoms with Crippen LogP contribution in [0.15, 0.2) is 73.8 Å². The van der Waals surface area contributed by atoms with Crippen LogP contribution in [0.4, 0.5) is 11.4 Å². The Labute approximate surface area is 204 Å². The van der Waals surface area contributed by atoms with Gasteiger partial charge in [0.25, 0.3) is 5.91 Å². The number of hydrogen-bond acceptors (Lipinski definition) is 5. The number of rotatable bonds is 8. The van der Waals surface area contributed by atoms with Crippen molar-refractivity contribution < 1.29 is 19.5 Å². The number of nitrogens with one attached hydrogen (secondary N) is 2. The molecule has 3 aromatic carbocycles. The quantitative estimate of drug-likeness (QED) is 0.198. The molecule has 0 saturated heterocycles. The average Bonchev–Trinajstić information content (AvgIpc) is 2.83. The third-order valence-corrected chi connectivity index (χ3v) is 5.60. The zero-order valence-corrected chi connectivity index (χ0v) is 19.8. The van der Waals surface area contributed by atoms with Crippen molar-refractivity contribution in [2.75, 3.05) is 12.4 Å². The van der Waals surface area contributed by atoms with E-state index in [1.54, 1.807) is 42.5 Å². The fourth-order valence-electron chi connectivity index (χ4n) is 3.46. The first kappa shape index (κ1) is 24.8. The lowest BCUT2D eigenvalue weighted by atomic mass is 9.98. The summed E-state index contributed by atoms with van der Waals surface area (Å²) < 4.78 is 3.92. The summed E-state index contributed by atoms with van der Waals surface area (Å²) in [5.74, 6) is -0.297. The van der Waals surface area contributed by atoms with Crippen LogP contribution in [0.25, 0.3) is 12.2 Å². The van der Waals surface area contributed by atoms with E-state index in [4.69, 9.17) is 4.74 Å². The molecule has 0 heterocycles. The Hall–Kier alpha value is -3.85. The number of benzene rings is 3. The molecular formula is C26H26N3O4S+. The molecule has 3 aromatic rings. The summed E-state index contributed by atoms with van der Waals surface area (Å²) in [6.07, 6.45) is 3.03. The van der Waals surface area contributed by atoms with E-state index >= 15 is 0 Å². The van der Waals surface area contributed by atoms with Crippen LogP contribution in [0.1, 0.15) is 37.4 Å². The minimum Gasteiger partial charge on any atom is -0.497 e. The van der Waals surface area contributed by atoms with Crippen LogP contribution in [0.2, 0.25) is 0 Å². The summed E-state index contributed by atoms with van der Waals surface area (Å²) in [7, 11) is 1.53. The van der Waals surface area contributed by atoms with Gasteiger partial charge in [0.2, 0.25) is 5.69 Å². The smallest absolute Gasteiger partial charge is 0.300 e. The number of carbonyl (C=O) groups is 2. The Kier molecular flexibility index (Phi) is 7.57. The van der Waals surface area contributed by atoms with E-state index in [9.17, 15) is 14.8 Å². The van der Waals surface area contributed by atoms with Crippen molar-refractivity contribution in [3.8, 4) is 5.75 Å². The van der Waals surface area contributed by atoms with Gasteiger partial charge >= 0.3 is 5.91 Å². The molecule has 3 N–H and O–H groups in total. The predicted molar refractivity (Wildman–Crippen MR) is 139 cm³/mol. The van der Waals surface area contributed by atoms with Gasteiger partial charge in [-0.15, -0.1) is 5.43 Å². The molecule has 0 radical (unpaired) electrons. The standard InChI is InChI=1S/C26H25N3O4S/c1-5-20-21(6-2)24(27-25(30)22-10-8-7-9-17(22)3)16-15-23(20)26(31)28-29(32,34)18-11-13-19(33-4)14-12-18/h5-16,32,34H,1-2H2,3-4H3,(H-,27,28,30,31)/p+1. The van der Waals surface area contributed by atoms with Crippen molar-refractivity contribution in [2.45, 2.75) is 6.92 Å². The maximum atomic E-state index is 13.1. The number of ether oxygens (including phenoxy) is 1. The lowest BCUT2D eigenvalue weighted by Crippen LogP contribution is -2.52. The van der Waals surface area contributed by atoms with Crippen LogP contribution in [-0.4, -0.2) is 24.1 Å². The fraction of sp³-hybridized carbons (Fsp3) is 0.0769. The predicted octanol–water partition coefficient (Wildman–Crippen LogP) is 5.43. The van der Waals surface area contributed by atoms with Crippen molar-refractivity contribution >= 4 is 48.2 Å². The Morgan fingerprint density at radius 2 is 1.59 bits per heavy atom. The number of anilines is 1. The van der Waals surface area contributed by atoms with Crippen molar-refractivity contribution in [1.82, 2.24) is 9.59 Å². The Morgan fingerprint density at radius 1 is 0.941 bits per heavy atom. The van der Waals surface area contributed by atoms with Crippen molar-refractivity contribution in [3.63, 3.8) is 0 Å². The summed E-state index contributed by atoms with van der Waals surface area (Å²) in [5, 5.41) is 13.6. The second-order valence-corrected chi connectivity index (χ2v) is 7.98. The zero-order valence-electron chi connectivity index (χ0n) is 18.9. The zero-order chi connectivity index (χ0) is 24.9. The van der Waals surface area contributed by atoms with Gasteiger partial charge in [0, 0.05) is 33.1 Å². The monoisotopic (exact) mass is 476 g/mol. The molecule has 1 unspecified atom stereocenters. The van der Waals surface area contributed by atoms with Gasteiger partial charge in [-0.25, -0.2) is 0 Å². The molecule has 7 nitrogen and oxygen atoms in total. The maximum absolute atomic E-state index is 13.1. The average molecular weight is 477 g/mol. The number of aryl methyl sites for hydroxylation is 1. The van der Waals surface area contributed by atoms with Gasteiger partial charge in [0.05, 0.1) is 12.7 Å². The molecule has 0 aromatic heterocycles. The molecule has 0 aliphatic rings. The summed E-state index contributed by atoms with van der Waals surface area (Å²) in [6.45, 7) is 9.49. The number of quaternary nitrogens is 1. The minimum absolute atomic E-state index is 0.220. The van der Waals surface area contributed by atoms with Crippen LogP contribution < -0.4 is 19.6 Å². The summed E-state index contributed by atoms with van der Waals surface area (Å²) in [5.41, 5.74) is 5.78. The van der Waals surface area contributed by atoms with E-state index in [-0.39, 0.29) is 11.5 Å². The Bertz CT molecular complexity index is 1250. The van der Waals surface area contributed by atoms with Crippen molar-refractivity contribution in [2.24, 2.45) is 0 Å². The summed E-state index contributed by atoms with van der Waals surface area (Å²) >= 11 is 4.17. The highest BCUT2D eigenvalue weighted by Gasteiger charge is 2.30. The Balaban J connectivity index is 1.90. The van der Waals surface area contributed by atoms with Gasteiger partial charge in [0.15, 0.2) is 0 Å². The molecular weight excluding hydrogens is 450 g/mol. The SMILES string of the molecule is C=Cc1c(NC(=O)c2ccccc2C)ccc(C(=O)N[N+](O)(S)c2ccc(OC)cc2)c1C=C. The third kappa shape index (κ3) is 5.20. The molecule has 0 bridgehead atoms. The highest BCUT2D eigenvalue weighted by molar-refractivity contribution is 7.79. The van der Waals surface area contributed by atoms with Crippen LogP contribution in [0.5, 0.6) is 5.75 Å². The van der Waals surface area contributed by atoms with Gasteiger partial charge in [-0.2, -0.15) is 5.21 Å². The highest BCUT2D eigenvalue weighted by atomic mass is 32.1. The third-order valence-electron chi connectivity index (χ3n) is 5.27. The lowest BCUT2D eigenvalue weighted by Gasteiger charge is -2.23. The summed E-state index contributed by atoms with van der Waals surface area (Å²) in [6, 6.07) is 16.8. The second-order valence-electron chi connectivity index (χ2n) is 7.41. The number of amides is 2. The van der Waals surface area contributed by atoms with Gasteiger partial charge in [-0.05, 0) is 48.4 Å². The fourth-order valence-corrected chi connectivity index (χ4v) is 3.68. The molecule has 0 saturated carbocycles. The minimum atomic E-state index is -1.19. The van der Waals surface area contributed by atoms with E-state index in [0.717, 1.165) is 5.56 Å². The first-order chi connectivity index (χ1) is 16.2. The number of thiol groups is 1. The normalized spacial score (nSPS) is 12.2. The van der Waals surface area contributed by atoms with E-state index in [1.165, 1.54) is 25.3 Å². The van der Waals surface area contributed by atoms with Crippen molar-refractivity contribution in [1.29, 1.82) is 0 Å². The number of hydrogen-bond donors (Lipinski definition) is 4. The highest BCUT2D eigenvalue weighted by Crippen LogP contribution is 2.29. The molecule has 0 aliphatic heterocycles. The van der Waals surface area contributed by atoms with E-state index in [1.807, 2.05) is 19.1 Å². The first-order valence-electron chi connectivity index (χ1n) is 10.3. The van der Waals surface area contributed by atoms with Gasteiger partial charge < -0.3 is 10.1 Å².